The molecule has 10 heavy (non-hydrogen) atoms. The van der Waals surface area contributed by atoms with Crippen molar-refractivity contribution in [2.24, 2.45) is 0 Å². The highest BCUT2D eigenvalue weighted by Crippen LogP contribution is 1.95. The Balaban J connectivity index is 4.49. The molecule has 2 nitrogen and oxygen atoms in total. The molecule has 56 valence electrons. The first-order valence-electron chi connectivity index (χ1n) is 2.82. The smallest absolute Gasteiger partial charge is 0.168 e. The van der Waals surface area contributed by atoms with Gasteiger partial charge < -0.3 is 0 Å². The van der Waals surface area contributed by atoms with E-state index in [0.29, 0.717) is 0 Å². The molecule has 3 heteroatoms. The van der Waals surface area contributed by atoms with Gasteiger partial charge in [0.05, 0.1) is 4.91 Å². The number of allylic oxidation sites excluding steroid dienone is 4. The molecule has 0 atom stereocenters. The minimum Gasteiger partial charge on any atom is -0.227 e. The van der Waals surface area contributed by atoms with Crippen molar-refractivity contribution in [1.82, 2.24) is 0 Å². The van der Waals surface area contributed by atoms with Crippen molar-refractivity contribution >= 4 is 10.7 Å². The van der Waals surface area contributed by atoms with Crippen LogP contribution in [0.25, 0.3) is 0 Å². The number of thiol groups is 1. The lowest BCUT2D eigenvalue weighted by Gasteiger charge is -1.82. The van der Waals surface area contributed by atoms with E-state index in [2.05, 4.69) is 6.58 Å². The van der Waals surface area contributed by atoms with Crippen molar-refractivity contribution in [3.05, 3.63) is 35.8 Å². The van der Waals surface area contributed by atoms with Gasteiger partial charge in [0.25, 0.3) is 0 Å². The normalized spacial score (nSPS) is 12.8. The standard InChI is InChI=1S/C7H10O2S/c1-3-5-6-7(4-2)10(8)9/h3-6,10H,2H2,1H3/b5-3-,7-6+. The zero-order chi connectivity index (χ0) is 7.98. The van der Waals surface area contributed by atoms with E-state index >= 15 is 0 Å². The summed E-state index contributed by atoms with van der Waals surface area (Å²) in [7, 11) is -2.48. The van der Waals surface area contributed by atoms with Crippen molar-refractivity contribution < 1.29 is 8.42 Å². The van der Waals surface area contributed by atoms with Crippen molar-refractivity contribution in [3.8, 4) is 0 Å². The van der Waals surface area contributed by atoms with Crippen LogP contribution in [0.5, 0.6) is 0 Å². The fraction of sp³-hybridized carbons (Fsp3) is 0.143. The molecule has 0 aliphatic carbocycles. The van der Waals surface area contributed by atoms with E-state index in [9.17, 15) is 8.42 Å². The minimum absolute atomic E-state index is 0.244. The van der Waals surface area contributed by atoms with Crippen LogP contribution in [0.2, 0.25) is 0 Å². The van der Waals surface area contributed by atoms with Gasteiger partial charge in [-0.05, 0) is 13.0 Å². The first-order valence-corrected chi connectivity index (χ1v) is 4.00. The second-order valence-corrected chi connectivity index (χ2v) is 2.61. The topological polar surface area (TPSA) is 34.1 Å². The molecule has 0 saturated carbocycles. The SMILES string of the molecule is C=C/C(=C\C=C/C)[SH](=O)=O. The molecule has 0 aromatic rings. The molecule has 0 spiro atoms. The van der Waals surface area contributed by atoms with Gasteiger partial charge in [0.1, 0.15) is 0 Å². The second-order valence-electron chi connectivity index (χ2n) is 1.58. The number of rotatable bonds is 3. The van der Waals surface area contributed by atoms with Crippen LogP contribution in [0.3, 0.4) is 0 Å². The molecule has 0 rings (SSSR count). The third-order valence-corrected chi connectivity index (χ3v) is 1.63. The molecule has 0 aliphatic rings. The number of hydrogen-bond donors (Lipinski definition) is 1. The summed E-state index contributed by atoms with van der Waals surface area (Å²) in [6, 6.07) is 0. The molecule has 0 fully saturated rings. The Morgan fingerprint density at radius 2 is 2.10 bits per heavy atom. The van der Waals surface area contributed by atoms with Gasteiger partial charge in [-0.15, -0.1) is 0 Å². The summed E-state index contributed by atoms with van der Waals surface area (Å²) in [5, 5.41) is 0. The molecule has 0 aromatic heterocycles. The minimum atomic E-state index is -2.48. The van der Waals surface area contributed by atoms with Gasteiger partial charge in [-0.25, -0.2) is 8.42 Å². The van der Waals surface area contributed by atoms with E-state index in [0.717, 1.165) is 0 Å². The highest BCUT2D eigenvalue weighted by atomic mass is 32.2. The average Bonchev–Trinajstić information content (AvgIpc) is 1.89. The van der Waals surface area contributed by atoms with Gasteiger partial charge in [0, 0.05) is 0 Å². The van der Waals surface area contributed by atoms with Crippen LogP contribution < -0.4 is 0 Å². The predicted molar refractivity (Wildman–Crippen MR) is 43.4 cm³/mol. The molecule has 0 unspecified atom stereocenters. The Hall–Kier alpha value is -0.830. The largest absolute Gasteiger partial charge is 0.227 e. The Morgan fingerprint density at radius 3 is 2.40 bits per heavy atom. The third kappa shape index (κ3) is 3.25. The van der Waals surface area contributed by atoms with Crippen molar-refractivity contribution in [2.45, 2.75) is 6.92 Å². The van der Waals surface area contributed by atoms with Gasteiger partial charge in [0.2, 0.25) is 0 Å². The first kappa shape index (κ1) is 9.17. The van der Waals surface area contributed by atoms with E-state index in [1.165, 1.54) is 12.2 Å². The lowest BCUT2D eigenvalue weighted by Crippen LogP contribution is -1.77. The van der Waals surface area contributed by atoms with Crippen LogP contribution >= 0.6 is 0 Å². The van der Waals surface area contributed by atoms with Gasteiger partial charge >= 0.3 is 0 Å². The first-order chi connectivity index (χ1) is 4.72. The zero-order valence-electron chi connectivity index (χ0n) is 5.78. The molecule has 0 aliphatic heterocycles. The summed E-state index contributed by atoms with van der Waals surface area (Å²) < 4.78 is 20.6. The van der Waals surface area contributed by atoms with Gasteiger partial charge in [-0.3, -0.25) is 0 Å². The van der Waals surface area contributed by atoms with E-state index in [-0.39, 0.29) is 4.91 Å². The monoisotopic (exact) mass is 158 g/mol. The second kappa shape index (κ2) is 4.99. The Labute approximate surface area is 62.5 Å². The Kier molecular flexibility index (Phi) is 4.58. The maximum absolute atomic E-state index is 10.3. The predicted octanol–water partition coefficient (Wildman–Crippen LogP) is 1.24. The van der Waals surface area contributed by atoms with Crippen molar-refractivity contribution in [1.29, 1.82) is 0 Å². The molecule has 0 heterocycles. The summed E-state index contributed by atoms with van der Waals surface area (Å²) in [6.45, 7) is 5.16. The fourth-order valence-electron chi connectivity index (χ4n) is 0.398. The molecule has 0 radical (unpaired) electrons. The van der Waals surface area contributed by atoms with Crippen LogP contribution in [0.4, 0.5) is 0 Å². The Morgan fingerprint density at radius 1 is 1.50 bits per heavy atom. The zero-order valence-corrected chi connectivity index (χ0v) is 6.67. The van der Waals surface area contributed by atoms with Crippen molar-refractivity contribution in [2.75, 3.05) is 0 Å². The molecular weight excluding hydrogens is 148 g/mol. The maximum atomic E-state index is 10.3. The van der Waals surface area contributed by atoms with Crippen LogP contribution in [-0.4, -0.2) is 8.42 Å². The van der Waals surface area contributed by atoms with Gasteiger partial charge in [-0.2, -0.15) is 0 Å². The molecule has 0 N–H and O–H groups in total. The third-order valence-electron chi connectivity index (χ3n) is 0.879. The van der Waals surface area contributed by atoms with Crippen molar-refractivity contribution in [3.63, 3.8) is 0 Å². The molecule has 0 saturated heterocycles. The van der Waals surface area contributed by atoms with E-state index in [1.54, 1.807) is 12.2 Å². The quantitative estimate of drug-likeness (QED) is 0.495. The molecule has 0 aromatic carbocycles. The summed E-state index contributed by atoms with van der Waals surface area (Å²) >= 11 is 0. The van der Waals surface area contributed by atoms with Crippen LogP contribution in [0, 0.1) is 0 Å². The fourth-order valence-corrected chi connectivity index (χ4v) is 0.755. The maximum Gasteiger partial charge on any atom is 0.168 e. The highest BCUT2D eigenvalue weighted by Gasteiger charge is 1.87. The highest BCUT2D eigenvalue weighted by molar-refractivity contribution is 7.77. The summed E-state index contributed by atoms with van der Waals surface area (Å²) in [5.41, 5.74) is 0. The van der Waals surface area contributed by atoms with E-state index in [4.69, 9.17) is 0 Å². The molecular formula is C7H10O2S. The molecule has 0 bridgehead atoms. The summed E-state index contributed by atoms with van der Waals surface area (Å²) in [5.74, 6) is 0. The lowest BCUT2D eigenvalue weighted by molar-refractivity contribution is 0.620. The summed E-state index contributed by atoms with van der Waals surface area (Å²) in [4.78, 5) is 0.244. The van der Waals surface area contributed by atoms with Crippen LogP contribution in [0.15, 0.2) is 35.8 Å². The molecule has 0 amide bonds. The van der Waals surface area contributed by atoms with Crippen LogP contribution in [0.1, 0.15) is 6.92 Å². The van der Waals surface area contributed by atoms with E-state index in [1.807, 2.05) is 6.92 Å². The lowest BCUT2D eigenvalue weighted by atomic mass is 10.4. The van der Waals surface area contributed by atoms with E-state index < -0.39 is 10.7 Å². The summed E-state index contributed by atoms with van der Waals surface area (Å²) in [6.07, 6.45) is 6.22. The average molecular weight is 158 g/mol. The van der Waals surface area contributed by atoms with Crippen LogP contribution in [-0.2, 0) is 10.7 Å². The van der Waals surface area contributed by atoms with Gasteiger partial charge in [-0.1, -0.05) is 24.8 Å². The Bertz CT molecular complexity index is 226. The van der Waals surface area contributed by atoms with Gasteiger partial charge in [0.15, 0.2) is 10.7 Å². The number of hydrogen-bond acceptors (Lipinski definition) is 2.